The van der Waals surface area contributed by atoms with Gasteiger partial charge in [-0.1, -0.05) is 6.07 Å². The van der Waals surface area contributed by atoms with Crippen LogP contribution in [0.5, 0.6) is 0 Å². The first kappa shape index (κ1) is 15.2. The van der Waals surface area contributed by atoms with Gasteiger partial charge in [0.2, 0.25) is 0 Å². The van der Waals surface area contributed by atoms with Crippen molar-refractivity contribution in [3.63, 3.8) is 0 Å². The summed E-state index contributed by atoms with van der Waals surface area (Å²) in [7, 11) is 0. The van der Waals surface area contributed by atoms with Crippen LogP contribution in [0.2, 0.25) is 0 Å². The van der Waals surface area contributed by atoms with Crippen molar-refractivity contribution >= 4 is 17.3 Å². The molecule has 0 radical (unpaired) electrons. The van der Waals surface area contributed by atoms with E-state index in [1.54, 1.807) is 11.3 Å². The molecule has 2 aromatic rings. The molecule has 22 heavy (non-hydrogen) atoms. The molecule has 3 rings (SSSR count). The maximum Gasteiger partial charge on any atom is 0.316 e. The molecule has 0 aliphatic carbocycles. The molecule has 0 bridgehead atoms. The van der Waals surface area contributed by atoms with E-state index in [0.29, 0.717) is 13.2 Å². The summed E-state index contributed by atoms with van der Waals surface area (Å²) in [5.74, 6) is -0.388. The summed E-state index contributed by atoms with van der Waals surface area (Å²) in [4.78, 5) is 20.5. The number of rotatable bonds is 5. The second-order valence-corrected chi connectivity index (χ2v) is 6.45. The number of ether oxygens (including phenoxy) is 1. The van der Waals surface area contributed by atoms with E-state index in [0.717, 1.165) is 31.0 Å². The maximum atomic E-state index is 12.4. The number of thiophene rings is 1. The Morgan fingerprint density at radius 3 is 3.05 bits per heavy atom. The van der Waals surface area contributed by atoms with E-state index in [1.807, 2.05) is 13.3 Å². The van der Waals surface area contributed by atoms with E-state index in [2.05, 4.69) is 38.9 Å². The Morgan fingerprint density at radius 1 is 1.50 bits per heavy atom. The van der Waals surface area contributed by atoms with E-state index in [1.165, 1.54) is 4.88 Å². The van der Waals surface area contributed by atoms with Crippen LogP contribution in [0.4, 0.5) is 0 Å². The third-order valence-corrected chi connectivity index (χ3v) is 4.83. The number of nitrogens with zero attached hydrogens (tertiary/aromatic N) is 3. The molecule has 2 aromatic heterocycles. The molecule has 1 atom stereocenters. The summed E-state index contributed by atoms with van der Waals surface area (Å²) in [6.07, 6.45) is 1.84. The Hall–Kier alpha value is -1.66. The van der Waals surface area contributed by atoms with Gasteiger partial charge >= 0.3 is 5.97 Å². The average Bonchev–Trinajstić information content (AvgIpc) is 3.15. The van der Waals surface area contributed by atoms with Gasteiger partial charge < -0.3 is 9.30 Å². The molecule has 0 amide bonds. The minimum Gasteiger partial charge on any atom is -0.465 e. The summed E-state index contributed by atoms with van der Waals surface area (Å²) in [5, 5.41) is 2.08. The molecular formula is C16H21N3O2S. The van der Waals surface area contributed by atoms with Gasteiger partial charge in [-0.25, -0.2) is 4.98 Å². The third kappa shape index (κ3) is 2.94. The quantitative estimate of drug-likeness (QED) is 0.795. The van der Waals surface area contributed by atoms with Crippen LogP contribution in [0.25, 0.3) is 0 Å². The first-order valence-corrected chi connectivity index (χ1v) is 8.56. The normalized spacial score (nSPS) is 18.2. The predicted octanol–water partition coefficient (Wildman–Crippen LogP) is 2.63. The van der Waals surface area contributed by atoms with Gasteiger partial charge in [-0.3, -0.25) is 9.69 Å². The highest BCUT2D eigenvalue weighted by Gasteiger charge is 2.35. The smallest absolute Gasteiger partial charge is 0.316 e. The Kier molecular flexibility index (Phi) is 4.59. The van der Waals surface area contributed by atoms with Crippen molar-refractivity contribution in [1.29, 1.82) is 0 Å². The van der Waals surface area contributed by atoms with Crippen LogP contribution < -0.4 is 0 Å². The fourth-order valence-corrected chi connectivity index (χ4v) is 3.75. The number of carbonyl (C=O) groups is 1. The lowest BCUT2D eigenvalue weighted by Gasteiger charge is -2.31. The van der Waals surface area contributed by atoms with Gasteiger partial charge in [0, 0.05) is 31.1 Å². The molecule has 3 heterocycles. The number of esters is 1. The number of fused-ring (bicyclic) bond motifs is 1. The molecule has 0 fully saturated rings. The monoisotopic (exact) mass is 319 g/mol. The van der Waals surface area contributed by atoms with Crippen LogP contribution in [-0.2, 0) is 29.2 Å². The lowest BCUT2D eigenvalue weighted by molar-refractivity contribution is -0.146. The van der Waals surface area contributed by atoms with E-state index in [-0.39, 0.29) is 11.9 Å². The molecule has 0 saturated heterocycles. The fourth-order valence-electron chi connectivity index (χ4n) is 3.00. The first-order chi connectivity index (χ1) is 10.7. The van der Waals surface area contributed by atoms with Crippen molar-refractivity contribution in [3.8, 4) is 0 Å². The molecule has 0 N–H and O–H groups in total. The summed E-state index contributed by atoms with van der Waals surface area (Å²) < 4.78 is 7.36. The highest BCUT2D eigenvalue weighted by Crippen LogP contribution is 2.30. The van der Waals surface area contributed by atoms with E-state index < -0.39 is 0 Å². The highest BCUT2D eigenvalue weighted by molar-refractivity contribution is 7.09. The number of aryl methyl sites for hydroxylation is 1. The molecule has 0 unspecified atom stereocenters. The summed E-state index contributed by atoms with van der Waals surface area (Å²) in [6, 6.07) is 4.19. The first-order valence-electron chi connectivity index (χ1n) is 7.68. The van der Waals surface area contributed by atoms with Gasteiger partial charge in [-0.15, -0.1) is 11.3 Å². The van der Waals surface area contributed by atoms with E-state index in [9.17, 15) is 4.79 Å². The lowest BCUT2D eigenvalue weighted by Crippen LogP contribution is -2.38. The molecule has 6 heteroatoms. The number of hydrogen-bond donors (Lipinski definition) is 0. The van der Waals surface area contributed by atoms with Gasteiger partial charge in [0.25, 0.3) is 0 Å². The minimum absolute atomic E-state index is 0.144. The summed E-state index contributed by atoms with van der Waals surface area (Å²) in [6.45, 7) is 7.49. The van der Waals surface area contributed by atoms with Gasteiger partial charge in [-0.05, 0) is 25.3 Å². The summed E-state index contributed by atoms with van der Waals surface area (Å²) >= 11 is 1.74. The molecule has 0 spiro atoms. The number of hydrogen-bond acceptors (Lipinski definition) is 5. The molecule has 1 aliphatic rings. The van der Waals surface area contributed by atoms with E-state index >= 15 is 0 Å². The highest BCUT2D eigenvalue weighted by atomic mass is 32.1. The number of aromatic nitrogens is 2. The van der Waals surface area contributed by atoms with Crippen LogP contribution in [0.15, 0.2) is 23.8 Å². The molecular weight excluding hydrogens is 298 g/mol. The summed E-state index contributed by atoms with van der Waals surface area (Å²) in [5.41, 5.74) is 2.03. The fraction of sp³-hybridized carbons (Fsp3) is 0.500. The zero-order valence-electron chi connectivity index (χ0n) is 13.0. The second kappa shape index (κ2) is 6.62. The Balaban J connectivity index is 1.86. The zero-order chi connectivity index (χ0) is 15.5. The minimum atomic E-state index is -0.244. The third-order valence-electron chi connectivity index (χ3n) is 3.97. The molecule has 0 aromatic carbocycles. The number of carbonyl (C=O) groups excluding carboxylic acids is 1. The number of imidazole rings is 1. The van der Waals surface area contributed by atoms with Gasteiger partial charge in [0.1, 0.15) is 5.92 Å². The largest absolute Gasteiger partial charge is 0.465 e. The average molecular weight is 319 g/mol. The van der Waals surface area contributed by atoms with E-state index in [4.69, 9.17) is 4.74 Å². The van der Waals surface area contributed by atoms with Crippen molar-refractivity contribution in [1.82, 2.24) is 14.5 Å². The van der Waals surface area contributed by atoms with Crippen LogP contribution in [-0.4, -0.2) is 33.6 Å². The Labute approximate surface area is 134 Å². The topological polar surface area (TPSA) is 47.4 Å². The molecule has 118 valence electrons. The van der Waals surface area contributed by atoms with Crippen molar-refractivity contribution in [3.05, 3.63) is 40.1 Å². The predicted molar refractivity (Wildman–Crippen MR) is 85.7 cm³/mol. The lowest BCUT2D eigenvalue weighted by atomic mass is 9.98. The van der Waals surface area contributed by atoms with Crippen LogP contribution in [0.3, 0.4) is 0 Å². The molecule has 5 nitrogen and oxygen atoms in total. The van der Waals surface area contributed by atoms with Crippen molar-refractivity contribution in [2.75, 3.05) is 13.2 Å². The van der Waals surface area contributed by atoms with Crippen molar-refractivity contribution in [2.45, 2.75) is 39.4 Å². The van der Waals surface area contributed by atoms with Crippen LogP contribution >= 0.6 is 11.3 Å². The SMILES string of the molecule is CCOC(=O)[C@@H]1CN(Cc2cccs2)Cc2ncn(CC)c21. The zero-order valence-corrected chi connectivity index (χ0v) is 13.8. The van der Waals surface area contributed by atoms with Gasteiger partial charge in [0.05, 0.1) is 24.3 Å². The van der Waals surface area contributed by atoms with Crippen LogP contribution in [0, 0.1) is 0 Å². The van der Waals surface area contributed by atoms with Crippen molar-refractivity contribution in [2.24, 2.45) is 0 Å². The maximum absolute atomic E-state index is 12.4. The Morgan fingerprint density at radius 2 is 2.36 bits per heavy atom. The second-order valence-electron chi connectivity index (χ2n) is 5.42. The van der Waals surface area contributed by atoms with Crippen LogP contribution in [0.1, 0.15) is 36.0 Å². The van der Waals surface area contributed by atoms with Gasteiger partial charge in [-0.2, -0.15) is 0 Å². The standard InChI is InChI=1S/C16H21N3O2S/c1-3-19-11-17-14-10-18(8-12-6-5-7-22-12)9-13(15(14)19)16(20)21-4-2/h5-7,11,13H,3-4,8-10H2,1-2H3/t13-/m1/s1. The van der Waals surface area contributed by atoms with Crippen molar-refractivity contribution < 1.29 is 9.53 Å². The molecule has 0 saturated carbocycles. The molecule has 1 aliphatic heterocycles. The van der Waals surface area contributed by atoms with Gasteiger partial charge in [0.15, 0.2) is 0 Å². The Bertz CT molecular complexity index is 636.